The van der Waals surface area contributed by atoms with Crippen LogP contribution in [-0.2, 0) is 0 Å². The van der Waals surface area contributed by atoms with E-state index in [-0.39, 0.29) is 12.1 Å². The van der Waals surface area contributed by atoms with Gasteiger partial charge in [-0.25, -0.2) is 0 Å². The van der Waals surface area contributed by atoms with Crippen LogP contribution in [0.25, 0.3) is 0 Å². The maximum Gasteiger partial charge on any atom is 0.0693 e. The van der Waals surface area contributed by atoms with Crippen LogP contribution < -0.4 is 5.73 Å². The van der Waals surface area contributed by atoms with Crippen LogP contribution in [-0.4, -0.2) is 17.3 Å². The number of hydrogen-bond acceptors (Lipinski definition) is 2. The van der Waals surface area contributed by atoms with Crippen molar-refractivity contribution in [2.45, 2.75) is 38.3 Å². The van der Waals surface area contributed by atoms with Gasteiger partial charge in [0.25, 0.3) is 0 Å². The van der Waals surface area contributed by atoms with Crippen LogP contribution in [0.3, 0.4) is 0 Å². The zero-order valence-corrected chi connectivity index (χ0v) is 5.88. The highest BCUT2D eigenvalue weighted by molar-refractivity contribution is 4.81. The predicted molar refractivity (Wildman–Crippen MR) is 37.0 cm³/mol. The van der Waals surface area contributed by atoms with Crippen LogP contribution >= 0.6 is 0 Å². The molecule has 0 amide bonds. The first-order chi connectivity index (χ1) is 4.22. The molecule has 1 fully saturated rings. The molecule has 0 heterocycles. The number of aliphatic hydroxyl groups excluding tert-OH is 1. The Morgan fingerprint density at radius 2 is 2.11 bits per heavy atom. The molecule has 0 bridgehead atoms. The van der Waals surface area contributed by atoms with Crippen molar-refractivity contribution < 1.29 is 5.11 Å². The molecule has 1 aliphatic carbocycles. The van der Waals surface area contributed by atoms with Gasteiger partial charge in [0, 0.05) is 6.04 Å². The number of aliphatic hydroxyl groups is 1. The quantitative estimate of drug-likeness (QED) is 0.500. The summed E-state index contributed by atoms with van der Waals surface area (Å²) in [5.41, 5.74) is 5.67. The minimum Gasteiger partial charge on any atom is -0.392 e. The van der Waals surface area contributed by atoms with Crippen molar-refractivity contribution in [2.75, 3.05) is 0 Å². The Bertz CT molecular complexity index is 84.9. The van der Waals surface area contributed by atoms with Gasteiger partial charge in [0.05, 0.1) is 6.10 Å². The molecular formula is C7H15NO. The Morgan fingerprint density at radius 1 is 1.44 bits per heavy atom. The van der Waals surface area contributed by atoms with Gasteiger partial charge in [-0.3, -0.25) is 0 Å². The zero-order chi connectivity index (χ0) is 6.85. The monoisotopic (exact) mass is 129 g/mol. The molecule has 0 saturated heterocycles. The van der Waals surface area contributed by atoms with Crippen LogP contribution in [0, 0.1) is 5.92 Å². The van der Waals surface area contributed by atoms with Gasteiger partial charge in [-0.2, -0.15) is 0 Å². The van der Waals surface area contributed by atoms with Crippen LogP contribution in [0.15, 0.2) is 0 Å². The standard InChI is InChI=1S/C7H15NO/c1-5-3-2-4-6(9)7(5)8/h5-7,9H,2-4,8H2,1H3/t5-,6+,7-/m1/s1. The summed E-state index contributed by atoms with van der Waals surface area (Å²) in [4.78, 5) is 0. The molecule has 0 aliphatic heterocycles. The van der Waals surface area contributed by atoms with Crippen molar-refractivity contribution in [3.63, 3.8) is 0 Å². The van der Waals surface area contributed by atoms with Crippen LogP contribution in [0.4, 0.5) is 0 Å². The molecular weight excluding hydrogens is 114 g/mol. The Labute approximate surface area is 56.1 Å². The van der Waals surface area contributed by atoms with Crippen molar-refractivity contribution in [1.29, 1.82) is 0 Å². The lowest BCUT2D eigenvalue weighted by Crippen LogP contribution is -2.43. The summed E-state index contributed by atoms with van der Waals surface area (Å²) in [6.45, 7) is 2.10. The van der Waals surface area contributed by atoms with Crippen LogP contribution in [0.1, 0.15) is 26.2 Å². The highest BCUT2D eigenvalue weighted by atomic mass is 16.3. The van der Waals surface area contributed by atoms with E-state index in [0.29, 0.717) is 5.92 Å². The molecule has 3 atom stereocenters. The average molecular weight is 129 g/mol. The molecule has 1 rings (SSSR count). The highest BCUT2D eigenvalue weighted by Crippen LogP contribution is 2.22. The fourth-order valence-electron chi connectivity index (χ4n) is 1.41. The molecule has 9 heavy (non-hydrogen) atoms. The first kappa shape index (κ1) is 7.03. The summed E-state index contributed by atoms with van der Waals surface area (Å²) < 4.78 is 0. The van der Waals surface area contributed by atoms with Crippen LogP contribution in [0.2, 0.25) is 0 Å². The fourth-order valence-corrected chi connectivity index (χ4v) is 1.41. The maximum atomic E-state index is 9.22. The first-order valence-electron chi connectivity index (χ1n) is 3.65. The molecule has 0 unspecified atom stereocenters. The van der Waals surface area contributed by atoms with Crippen molar-refractivity contribution in [1.82, 2.24) is 0 Å². The largest absolute Gasteiger partial charge is 0.392 e. The van der Waals surface area contributed by atoms with Crippen molar-refractivity contribution in [3.8, 4) is 0 Å². The van der Waals surface area contributed by atoms with Gasteiger partial charge in [-0.05, 0) is 18.8 Å². The molecule has 0 spiro atoms. The van der Waals surface area contributed by atoms with Crippen LogP contribution in [0.5, 0.6) is 0 Å². The van der Waals surface area contributed by atoms with E-state index in [2.05, 4.69) is 6.92 Å². The third-order valence-electron chi connectivity index (χ3n) is 2.26. The van der Waals surface area contributed by atoms with Gasteiger partial charge in [-0.15, -0.1) is 0 Å². The van der Waals surface area contributed by atoms with Gasteiger partial charge in [0.1, 0.15) is 0 Å². The van der Waals surface area contributed by atoms with Gasteiger partial charge in [0.15, 0.2) is 0 Å². The zero-order valence-electron chi connectivity index (χ0n) is 5.88. The molecule has 0 aromatic carbocycles. The van der Waals surface area contributed by atoms with E-state index in [9.17, 15) is 5.11 Å². The maximum absolute atomic E-state index is 9.22. The summed E-state index contributed by atoms with van der Waals surface area (Å²) in [6.07, 6.45) is 2.97. The van der Waals surface area contributed by atoms with E-state index in [1.165, 1.54) is 6.42 Å². The lowest BCUT2D eigenvalue weighted by atomic mass is 9.84. The molecule has 1 saturated carbocycles. The highest BCUT2D eigenvalue weighted by Gasteiger charge is 2.25. The minimum absolute atomic E-state index is 0.0266. The van der Waals surface area contributed by atoms with Gasteiger partial charge >= 0.3 is 0 Å². The van der Waals surface area contributed by atoms with E-state index < -0.39 is 0 Å². The third kappa shape index (κ3) is 1.43. The lowest BCUT2D eigenvalue weighted by molar-refractivity contribution is 0.0817. The Hall–Kier alpha value is -0.0800. The fraction of sp³-hybridized carbons (Fsp3) is 1.00. The molecule has 0 aromatic heterocycles. The van der Waals surface area contributed by atoms with Crippen molar-refractivity contribution >= 4 is 0 Å². The first-order valence-corrected chi connectivity index (χ1v) is 3.65. The van der Waals surface area contributed by atoms with E-state index in [4.69, 9.17) is 5.73 Å². The van der Waals surface area contributed by atoms with E-state index >= 15 is 0 Å². The topological polar surface area (TPSA) is 46.2 Å². The average Bonchev–Trinajstić information content (AvgIpc) is 1.83. The number of nitrogens with two attached hydrogens (primary N) is 1. The SMILES string of the molecule is C[C@@H]1CCC[C@H](O)[C@@H]1N. The minimum atomic E-state index is -0.242. The van der Waals surface area contributed by atoms with Gasteiger partial charge < -0.3 is 10.8 Å². The van der Waals surface area contributed by atoms with E-state index in [1.807, 2.05) is 0 Å². The van der Waals surface area contributed by atoms with Gasteiger partial charge in [0.2, 0.25) is 0 Å². The molecule has 0 aromatic rings. The second-order valence-corrected chi connectivity index (χ2v) is 3.05. The predicted octanol–water partition coefficient (Wildman–Crippen LogP) is 0.495. The molecule has 3 N–H and O–H groups in total. The molecule has 2 nitrogen and oxygen atoms in total. The van der Waals surface area contributed by atoms with E-state index in [0.717, 1.165) is 12.8 Å². The number of hydrogen-bond donors (Lipinski definition) is 2. The molecule has 54 valence electrons. The summed E-state index contributed by atoms with van der Waals surface area (Å²) in [5.74, 6) is 0.508. The Balaban J connectivity index is 2.41. The third-order valence-corrected chi connectivity index (χ3v) is 2.26. The molecule has 1 aliphatic rings. The Kier molecular flexibility index (Phi) is 2.09. The second-order valence-electron chi connectivity index (χ2n) is 3.05. The van der Waals surface area contributed by atoms with Crippen molar-refractivity contribution in [2.24, 2.45) is 11.7 Å². The van der Waals surface area contributed by atoms with E-state index in [1.54, 1.807) is 0 Å². The summed E-state index contributed by atoms with van der Waals surface area (Å²) in [6, 6.07) is 0.0266. The Morgan fingerprint density at radius 3 is 2.56 bits per heavy atom. The van der Waals surface area contributed by atoms with Gasteiger partial charge in [-0.1, -0.05) is 13.3 Å². The summed E-state index contributed by atoms with van der Waals surface area (Å²) >= 11 is 0. The number of rotatable bonds is 0. The summed E-state index contributed by atoms with van der Waals surface area (Å²) in [5, 5.41) is 9.22. The molecule has 2 heteroatoms. The molecule has 0 radical (unpaired) electrons. The summed E-state index contributed by atoms with van der Waals surface area (Å²) in [7, 11) is 0. The smallest absolute Gasteiger partial charge is 0.0693 e. The van der Waals surface area contributed by atoms with Crippen molar-refractivity contribution in [3.05, 3.63) is 0 Å². The second kappa shape index (κ2) is 2.67. The lowest BCUT2D eigenvalue weighted by Gasteiger charge is -2.29. The normalized spacial score (nSPS) is 45.0.